The topological polar surface area (TPSA) is 126 Å². The molecule has 0 aromatic heterocycles. The van der Waals surface area contributed by atoms with Crippen LogP contribution in [-0.2, 0) is 14.8 Å². The maximum atomic E-state index is 13.8. The maximum Gasteiger partial charge on any atom is 0.244 e. The first-order valence-electron chi connectivity index (χ1n) is 8.89. The van der Waals surface area contributed by atoms with E-state index in [0.717, 1.165) is 10.4 Å². The molecule has 0 spiro atoms. The highest BCUT2D eigenvalue weighted by Gasteiger charge is 2.50. The van der Waals surface area contributed by atoms with Crippen LogP contribution < -0.4 is 15.8 Å². The summed E-state index contributed by atoms with van der Waals surface area (Å²) in [4.78, 5) is 11.8. The van der Waals surface area contributed by atoms with Crippen LogP contribution >= 0.6 is 23.2 Å². The zero-order valence-electron chi connectivity index (χ0n) is 15.9. The summed E-state index contributed by atoms with van der Waals surface area (Å²) in [5, 5.41) is 11.7. The number of nitrogens with two attached hydrogens (primary N) is 1. The van der Waals surface area contributed by atoms with Crippen molar-refractivity contribution < 1.29 is 22.3 Å². The summed E-state index contributed by atoms with van der Waals surface area (Å²) in [7, 11) is -3.95. The van der Waals surface area contributed by atoms with Crippen LogP contribution in [0.2, 0.25) is 10.0 Å². The lowest BCUT2D eigenvalue weighted by atomic mass is 9.93. The third-order valence-corrected chi connectivity index (χ3v) is 7.15. The summed E-state index contributed by atoms with van der Waals surface area (Å²) in [6.45, 7) is -0.676. The number of amides is 1. The molecule has 31 heavy (non-hydrogen) atoms. The van der Waals surface area contributed by atoms with Gasteiger partial charge in [0.1, 0.15) is 34.7 Å². The van der Waals surface area contributed by atoms with Gasteiger partial charge in [-0.25, -0.2) is 12.8 Å². The molecule has 2 aromatic carbocycles. The zero-order chi connectivity index (χ0) is 22.8. The Morgan fingerprint density at radius 1 is 1.29 bits per heavy atom. The van der Waals surface area contributed by atoms with E-state index in [1.165, 1.54) is 30.3 Å². The Bertz CT molecular complexity index is 1160. The molecule has 164 valence electrons. The minimum absolute atomic E-state index is 0.0275. The molecule has 1 fully saturated rings. The number of nitriles is 1. The highest BCUT2D eigenvalue weighted by atomic mass is 35.5. The summed E-state index contributed by atoms with van der Waals surface area (Å²) in [6, 6.07) is 9.44. The molecule has 1 heterocycles. The summed E-state index contributed by atoms with van der Waals surface area (Å²) in [5.41, 5.74) is 4.15. The number of carbonyl (C=O) groups is 1. The molecular formula is C19H17Cl2FN4O4S. The molecule has 1 saturated heterocycles. The van der Waals surface area contributed by atoms with Gasteiger partial charge in [-0.15, -0.1) is 0 Å². The second kappa shape index (κ2) is 8.98. The first kappa shape index (κ1) is 23.2. The number of sulfonamides is 1. The minimum Gasteiger partial charge on any atom is -0.491 e. The lowest BCUT2D eigenvalue weighted by Gasteiger charge is -2.48. The number of benzene rings is 2. The van der Waals surface area contributed by atoms with E-state index in [0.29, 0.717) is 5.02 Å². The Morgan fingerprint density at radius 3 is 2.58 bits per heavy atom. The van der Waals surface area contributed by atoms with Crippen LogP contribution in [0, 0.1) is 17.1 Å². The minimum atomic E-state index is -3.95. The average Bonchev–Trinajstić information content (AvgIpc) is 2.68. The van der Waals surface area contributed by atoms with Gasteiger partial charge in [0.05, 0.1) is 17.1 Å². The predicted octanol–water partition coefficient (Wildman–Crippen LogP) is 1.90. The fraction of sp³-hybridized carbons (Fsp3) is 0.263. The number of nitrogens with zero attached hydrogens (tertiary/aromatic N) is 2. The van der Waals surface area contributed by atoms with Crippen LogP contribution in [0.1, 0.15) is 5.56 Å². The van der Waals surface area contributed by atoms with Crippen LogP contribution in [0.25, 0.3) is 0 Å². The van der Waals surface area contributed by atoms with Gasteiger partial charge < -0.3 is 15.8 Å². The zero-order valence-corrected chi connectivity index (χ0v) is 18.3. The van der Waals surface area contributed by atoms with Crippen molar-refractivity contribution in [3.8, 4) is 11.8 Å². The number of nitrogens with one attached hydrogen (secondary N) is 1. The number of halogens is 3. The largest absolute Gasteiger partial charge is 0.491 e. The molecule has 0 bridgehead atoms. The van der Waals surface area contributed by atoms with E-state index >= 15 is 0 Å². The van der Waals surface area contributed by atoms with Crippen LogP contribution in [0.4, 0.5) is 4.39 Å². The van der Waals surface area contributed by atoms with Crippen molar-refractivity contribution in [2.24, 2.45) is 5.73 Å². The Kier molecular flexibility index (Phi) is 6.73. The van der Waals surface area contributed by atoms with E-state index in [-0.39, 0.29) is 47.5 Å². The van der Waals surface area contributed by atoms with Gasteiger partial charge in [0, 0.05) is 24.2 Å². The van der Waals surface area contributed by atoms with Gasteiger partial charge in [-0.1, -0.05) is 23.2 Å². The number of carbonyl (C=O) groups excluding carboxylic acids is 1. The summed E-state index contributed by atoms with van der Waals surface area (Å²) < 4.78 is 46.3. The summed E-state index contributed by atoms with van der Waals surface area (Å²) in [6.07, 6.45) is 0. The lowest BCUT2D eigenvalue weighted by molar-refractivity contribution is -0.124. The van der Waals surface area contributed by atoms with Crippen LogP contribution in [0.5, 0.6) is 5.75 Å². The Hall–Kier alpha value is -2.42. The standard InChI is InChI=1S/C19H17Cl2FN4O4S/c20-13-2-4-17(15(21)5-13)31(28,29)26-9-19(10-26,25-18(27)8-24)11-30-14-3-1-12(7-23)16(22)6-14/h1-6H,8-11,24H2,(H,25,27). The van der Waals surface area contributed by atoms with E-state index in [9.17, 15) is 17.6 Å². The second-order valence-corrected chi connectivity index (χ2v) is 9.67. The van der Waals surface area contributed by atoms with Gasteiger partial charge in [0.25, 0.3) is 0 Å². The third-order valence-electron chi connectivity index (χ3n) is 4.64. The molecule has 1 aliphatic heterocycles. The van der Waals surface area contributed by atoms with Crippen molar-refractivity contribution >= 4 is 39.1 Å². The van der Waals surface area contributed by atoms with Gasteiger partial charge >= 0.3 is 0 Å². The monoisotopic (exact) mass is 486 g/mol. The SMILES string of the molecule is N#Cc1ccc(OCC2(NC(=O)CN)CN(S(=O)(=O)c3ccc(Cl)cc3Cl)C2)cc1F. The van der Waals surface area contributed by atoms with Crippen molar-refractivity contribution in [3.05, 3.63) is 57.8 Å². The molecule has 0 aliphatic carbocycles. The Morgan fingerprint density at radius 2 is 2.00 bits per heavy atom. The van der Waals surface area contributed by atoms with Gasteiger partial charge in [0.2, 0.25) is 15.9 Å². The second-order valence-electron chi connectivity index (χ2n) is 6.92. The molecule has 0 saturated carbocycles. The van der Waals surface area contributed by atoms with E-state index in [4.69, 9.17) is 38.9 Å². The van der Waals surface area contributed by atoms with Crippen LogP contribution in [-0.4, -0.2) is 50.4 Å². The predicted molar refractivity (Wildman–Crippen MR) is 112 cm³/mol. The molecule has 0 radical (unpaired) electrons. The van der Waals surface area contributed by atoms with Crippen molar-refractivity contribution in [1.82, 2.24) is 9.62 Å². The van der Waals surface area contributed by atoms with Gasteiger partial charge in [-0.3, -0.25) is 4.79 Å². The first-order valence-corrected chi connectivity index (χ1v) is 11.1. The Labute approximate surface area is 188 Å². The third kappa shape index (κ3) is 4.92. The van der Waals surface area contributed by atoms with E-state index in [1.54, 1.807) is 6.07 Å². The first-order chi connectivity index (χ1) is 14.6. The number of ether oxygens (including phenoxy) is 1. The van der Waals surface area contributed by atoms with Crippen molar-refractivity contribution in [3.63, 3.8) is 0 Å². The molecule has 8 nitrogen and oxygen atoms in total. The molecule has 1 aliphatic rings. The quantitative estimate of drug-likeness (QED) is 0.615. The van der Waals surface area contributed by atoms with Crippen LogP contribution in [0.3, 0.4) is 0 Å². The maximum absolute atomic E-state index is 13.8. The van der Waals surface area contributed by atoms with Crippen molar-refractivity contribution in [2.45, 2.75) is 10.4 Å². The molecule has 2 aromatic rings. The molecule has 0 unspecified atom stereocenters. The molecule has 12 heteroatoms. The molecule has 3 N–H and O–H groups in total. The Balaban J connectivity index is 1.78. The summed E-state index contributed by atoms with van der Waals surface area (Å²) >= 11 is 11.9. The van der Waals surface area contributed by atoms with Gasteiger partial charge in [-0.05, 0) is 30.3 Å². The van der Waals surface area contributed by atoms with Gasteiger partial charge in [0.15, 0.2) is 0 Å². The highest BCUT2D eigenvalue weighted by molar-refractivity contribution is 7.89. The fourth-order valence-corrected chi connectivity index (χ4v) is 5.43. The highest BCUT2D eigenvalue weighted by Crippen LogP contribution is 2.33. The average molecular weight is 487 g/mol. The van der Waals surface area contributed by atoms with Crippen molar-refractivity contribution in [1.29, 1.82) is 5.26 Å². The molecular weight excluding hydrogens is 470 g/mol. The smallest absolute Gasteiger partial charge is 0.244 e. The lowest BCUT2D eigenvalue weighted by Crippen LogP contribution is -2.74. The van der Waals surface area contributed by atoms with E-state index < -0.39 is 27.3 Å². The van der Waals surface area contributed by atoms with E-state index in [1.807, 2.05) is 0 Å². The number of hydrogen-bond donors (Lipinski definition) is 2. The normalized spacial score (nSPS) is 15.6. The molecule has 0 atom stereocenters. The summed E-state index contributed by atoms with van der Waals surface area (Å²) in [5.74, 6) is -1.13. The van der Waals surface area contributed by atoms with Crippen molar-refractivity contribution in [2.75, 3.05) is 26.2 Å². The number of rotatable bonds is 7. The number of hydrogen-bond acceptors (Lipinski definition) is 6. The fourth-order valence-electron chi connectivity index (χ4n) is 3.07. The molecule has 1 amide bonds. The molecule has 3 rings (SSSR count). The van der Waals surface area contributed by atoms with Crippen LogP contribution in [0.15, 0.2) is 41.3 Å². The van der Waals surface area contributed by atoms with Gasteiger partial charge in [-0.2, -0.15) is 9.57 Å². The van der Waals surface area contributed by atoms with E-state index in [2.05, 4.69) is 5.32 Å².